The van der Waals surface area contributed by atoms with Crippen LogP contribution in [0.4, 0.5) is 30.2 Å². The maximum atomic E-state index is 12.7. The van der Waals surface area contributed by atoms with Crippen LogP contribution in [0, 0.1) is 0 Å². The van der Waals surface area contributed by atoms with Gasteiger partial charge in [0, 0.05) is 34.6 Å². The number of carbonyl (C=O) groups is 1. The number of halogens is 3. The van der Waals surface area contributed by atoms with Gasteiger partial charge >= 0.3 is 6.18 Å². The molecule has 4 aromatic rings. The van der Waals surface area contributed by atoms with Crippen LogP contribution in [0.1, 0.15) is 12.5 Å². The minimum absolute atomic E-state index is 0.156. The normalized spacial score (nSPS) is 11.7. The number of fused-ring (bicyclic) bond motifs is 3. The first-order chi connectivity index (χ1) is 13.3. The van der Waals surface area contributed by atoms with Gasteiger partial charge in [-0.2, -0.15) is 13.2 Å². The van der Waals surface area contributed by atoms with Gasteiger partial charge in [-0.05, 0) is 42.5 Å². The number of H-pyrrole nitrogens is 1. The number of benzene rings is 2. The zero-order chi connectivity index (χ0) is 19.9. The molecule has 0 atom stereocenters. The molecule has 0 saturated heterocycles. The minimum Gasteiger partial charge on any atom is -0.354 e. The third-order valence-corrected chi connectivity index (χ3v) is 4.27. The van der Waals surface area contributed by atoms with Crippen LogP contribution in [0.25, 0.3) is 21.9 Å². The highest BCUT2D eigenvalue weighted by molar-refractivity contribution is 6.08. The first-order valence-corrected chi connectivity index (χ1v) is 8.43. The molecule has 1 amide bonds. The molecular formula is C20H15F3N4O. The second kappa shape index (κ2) is 6.56. The fraction of sp³-hybridized carbons (Fsp3) is 0.100. The van der Waals surface area contributed by atoms with Crippen molar-refractivity contribution in [2.75, 3.05) is 10.6 Å². The van der Waals surface area contributed by atoms with Crippen LogP contribution in [0.15, 0.2) is 54.7 Å². The van der Waals surface area contributed by atoms with Gasteiger partial charge in [-0.15, -0.1) is 0 Å². The molecule has 2 aromatic heterocycles. The molecule has 3 N–H and O–H groups in total. The summed E-state index contributed by atoms with van der Waals surface area (Å²) < 4.78 is 38.0. The van der Waals surface area contributed by atoms with E-state index >= 15 is 0 Å². The van der Waals surface area contributed by atoms with Crippen molar-refractivity contribution in [3.05, 3.63) is 60.3 Å². The van der Waals surface area contributed by atoms with Crippen LogP contribution in [0.5, 0.6) is 0 Å². The standard InChI is InChI=1S/C20H15F3N4O/c1-11(28)25-14-6-7-16-17-8-15(10-24-19(17)27-18(16)9-14)26-13-4-2-12(3-5-13)20(21,22)23/h2-10,26H,1H3,(H,24,27)(H,25,28). The summed E-state index contributed by atoms with van der Waals surface area (Å²) in [5.74, 6) is -0.156. The summed E-state index contributed by atoms with van der Waals surface area (Å²) >= 11 is 0. The second-order valence-electron chi connectivity index (χ2n) is 6.39. The smallest absolute Gasteiger partial charge is 0.354 e. The number of nitrogens with zero attached hydrogens (tertiary/aromatic N) is 1. The van der Waals surface area contributed by atoms with Crippen molar-refractivity contribution < 1.29 is 18.0 Å². The number of alkyl halides is 3. The summed E-state index contributed by atoms with van der Waals surface area (Å²) in [6.07, 6.45) is -2.76. The van der Waals surface area contributed by atoms with Crippen LogP contribution in [0.3, 0.4) is 0 Å². The molecule has 2 heterocycles. The molecule has 0 spiro atoms. The Kier molecular flexibility index (Phi) is 4.18. The monoisotopic (exact) mass is 384 g/mol. The van der Waals surface area contributed by atoms with Crippen LogP contribution in [0.2, 0.25) is 0 Å². The molecule has 0 bridgehead atoms. The zero-order valence-electron chi connectivity index (χ0n) is 14.7. The molecule has 4 rings (SSSR count). The molecule has 0 radical (unpaired) electrons. The summed E-state index contributed by atoms with van der Waals surface area (Å²) in [5, 5.41) is 7.58. The van der Waals surface area contributed by atoms with E-state index in [0.717, 1.165) is 28.4 Å². The number of amides is 1. The zero-order valence-corrected chi connectivity index (χ0v) is 14.7. The van der Waals surface area contributed by atoms with Crippen molar-refractivity contribution >= 4 is 44.9 Å². The molecule has 2 aromatic carbocycles. The maximum absolute atomic E-state index is 12.7. The molecule has 0 unspecified atom stereocenters. The fourth-order valence-electron chi connectivity index (χ4n) is 3.04. The van der Waals surface area contributed by atoms with Gasteiger partial charge in [0.1, 0.15) is 5.65 Å². The number of nitrogens with one attached hydrogen (secondary N) is 3. The summed E-state index contributed by atoms with van der Waals surface area (Å²) in [4.78, 5) is 18.8. The van der Waals surface area contributed by atoms with Crippen molar-refractivity contribution in [3.8, 4) is 0 Å². The Balaban J connectivity index is 1.65. The summed E-state index contributed by atoms with van der Waals surface area (Å²) in [5.41, 5.74) is 2.65. The number of hydrogen-bond acceptors (Lipinski definition) is 3. The highest BCUT2D eigenvalue weighted by Crippen LogP contribution is 2.32. The van der Waals surface area contributed by atoms with Gasteiger partial charge in [0.05, 0.1) is 17.4 Å². The van der Waals surface area contributed by atoms with E-state index in [1.54, 1.807) is 12.3 Å². The Morgan fingerprint density at radius 2 is 1.68 bits per heavy atom. The van der Waals surface area contributed by atoms with E-state index in [2.05, 4.69) is 20.6 Å². The maximum Gasteiger partial charge on any atom is 0.416 e. The van der Waals surface area contributed by atoms with Gasteiger partial charge in [-0.1, -0.05) is 6.07 Å². The number of carbonyl (C=O) groups excluding carboxylic acids is 1. The highest BCUT2D eigenvalue weighted by atomic mass is 19.4. The number of aromatic amines is 1. The van der Waals surface area contributed by atoms with E-state index in [-0.39, 0.29) is 5.91 Å². The third-order valence-electron chi connectivity index (χ3n) is 4.27. The lowest BCUT2D eigenvalue weighted by Crippen LogP contribution is -2.05. The number of anilines is 3. The van der Waals surface area contributed by atoms with Crippen molar-refractivity contribution in [2.45, 2.75) is 13.1 Å². The topological polar surface area (TPSA) is 69.8 Å². The van der Waals surface area contributed by atoms with E-state index in [9.17, 15) is 18.0 Å². The molecule has 0 fully saturated rings. The SMILES string of the molecule is CC(=O)Nc1ccc2c(c1)[nH]c1ncc(Nc3ccc(C(F)(F)F)cc3)cc12. The third kappa shape index (κ3) is 3.48. The van der Waals surface area contributed by atoms with Crippen molar-refractivity contribution in [3.63, 3.8) is 0 Å². The lowest BCUT2D eigenvalue weighted by Gasteiger charge is -2.09. The minimum atomic E-state index is -4.36. The van der Waals surface area contributed by atoms with Gasteiger partial charge in [0.25, 0.3) is 0 Å². The van der Waals surface area contributed by atoms with E-state index < -0.39 is 11.7 Å². The van der Waals surface area contributed by atoms with Crippen LogP contribution in [-0.2, 0) is 11.0 Å². The molecule has 28 heavy (non-hydrogen) atoms. The molecule has 142 valence electrons. The molecule has 0 aliphatic heterocycles. The first kappa shape index (κ1) is 17.8. The number of hydrogen-bond donors (Lipinski definition) is 3. The second-order valence-corrected chi connectivity index (χ2v) is 6.39. The quantitative estimate of drug-likeness (QED) is 0.441. The Morgan fingerprint density at radius 1 is 0.964 bits per heavy atom. The number of aromatic nitrogens is 2. The van der Waals surface area contributed by atoms with Crippen molar-refractivity contribution in [1.82, 2.24) is 9.97 Å². The lowest BCUT2D eigenvalue weighted by atomic mass is 10.1. The molecule has 0 aliphatic rings. The molecule has 0 saturated carbocycles. The van der Waals surface area contributed by atoms with Crippen molar-refractivity contribution in [2.24, 2.45) is 0 Å². The molecule has 5 nitrogen and oxygen atoms in total. The predicted molar refractivity (Wildman–Crippen MR) is 103 cm³/mol. The van der Waals surface area contributed by atoms with Gasteiger partial charge in [-0.25, -0.2) is 4.98 Å². The van der Waals surface area contributed by atoms with E-state index in [1.807, 2.05) is 18.2 Å². The highest BCUT2D eigenvalue weighted by Gasteiger charge is 2.29. The molecule has 0 aliphatic carbocycles. The Bertz CT molecular complexity index is 1180. The van der Waals surface area contributed by atoms with Gasteiger partial charge < -0.3 is 15.6 Å². The Labute approximate surface area is 157 Å². The average molecular weight is 384 g/mol. The van der Waals surface area contributed by atoms with E-state index in [0.29, 0.717) is 22.7 Å². The van der Waals surface area contributed by atoms with Crippen LogP contribution in [-0.4, -0.2) is 15.9 Å². The van der Waals surface area contributed by atoms with Gasteiger partial charge in [-0.3, -0.25) is 4.79 Å². The molecular weight excluding hydrogens is 369 g/mol. The summed E-state index contributed by atoms with van der Waals surface area (Å²) in [6.45, 7) is 1.44. The number of rotatable bonds is 3. The van der Waals surface area contributed by atoms with Crippen molar-refractivity contribution in [1.29, 1.82) is 0 Å². The summed E-state index contributed by atoms with van der Waals surface area (Å²) in [7, 11) is 0. The van der Waals surface area contributed by atoms with Gasteiger partial charge in [0.2, 0.25) is 5.91 Å². The van der Waals surface area contributed by atoms with E-state index in [4.69, 9.17) is 0 Å². The van der Waals surface area contributed by atoms with Crippen LogP contribution >= 0.6 is 0 Å². The Morgan fingerprint density at radius 3 is 2.36 bits per heavy atom. The fourth-order valence-corrected chi connectivity index (χ4v) is 3.04. The first-order valence-electron chi connectivity index (χ1n) is 8.43. The van der Waals surface area contributed by atoms with Gasteiger partial charge in [0.15, 0.2) is 0 Å². The van der Waals surface area contributed by atoms with Crippen LogP contribution < -0.4 is 10.6 Å². The van der Waals surface area contributed by atoms with E-state index in [1.165, 1.54) is 19.1 Å². The predicted octanol–water partition coefficient (Wildman–Crippen LogP) is 5.44. The average Bonchev–Trinajstić information content (AvgIpc) is 2.98. The lowest BCUT2D eigenvalue weighted by molar-refractivity contribution is -0.137. The number of pyridine rings is 1. The largest absolute Gasteiger partial charge is 0.416 e. The molecule has 8 heteroatoms. The Hall–Kier alpha value is -3.55. The summed E-state index contributed by atoms with van der Waals surface area (Å²) in [6, 6.07) is 12.2.